The first-order valence-corrected chi connectivity index (χ1v) is 5.95. The molecule has 18 heavy (non-hydrogen) atoms. The third-order valence-corrected chi connectivity index (χ3v) is 3.00. The Morgan fingerprint density at radius 3 is 2.39 bits per heavy atom. The molecule has 0 amide bonds. The van der Waals surface area contributed by atoms with E-state index in [1.165, 1.54) is 6.07 Å². The van der Waals surface area contributed by atoms with Crippen LogP contribution in [0.2, 0.25) is 10.0 Å². The topological polar surface area (TPSA) is 12.0 Å². The number of nitrogens with one attached hydrogen (secondary N) is 1. The summed E-state index contributed by atoms with van der Waals surface area (Å²) < 4.78 is 25.7. The van der Waals surface area contributed by atoms with E-state index in [0.717, 1.165) is 17.7 Å². The maximum Gasteiger partial charge on any atom is 0.160 e. The second-order valence-corrected chi connectivity index (χ2v) is 4.56. The van der Waals surface area contributed by atoms with Crippen LogP contribution in [0.4, 0.5) is 14.5 Å². The van der Waals surface area contributed by atoms with Crippen LogP contribution in [0.5, 0.6) is 0 Å². The molecular formula is C13H9Cl2F2N. The molecule has 0 aliphatic heterocycles. The maximum atomic E-state index is 13.0. The van der Waals surface area contributed by atoms with Gasteiger partial charge in [0.05, 0.1) is 0 Å². The van der Waals surface area contributed by atoms with Crippen molar-refractivity contribution in [3.05, 3.63) is 63.6 Å². The van der Waals surface area contributed by atoms with Gasteiger partial charge in [-0.05, 0) is 29.8 Å². The molecule has 2 aromatic rings. The summed E-state index contributed by atoms with van der Waals surface area (Å²) >= 11 is 11.8. The van der Waals surface area contributed by atoms with Crippen LogP contribution in [0.1, 0.15) is 5.56 Å². The number of rotatable bonds is 3. The van der Waals surface area contributed by atoms with E-state index < -0.39 is 11.6 Å². The van der Waals surface area contributed by atoms with Crippen molar-refractivity contribution in [2.75, 3.05) is 5.32 Å². The Hall–Kier alpha value is -1.32. The summed E-state index contributed by atoms with van der Waals surface area (Å²) in [4.78, 5) is 0. The van der Waals surface area contributed by atoms with Crippen LogP contribution in [0.3, 0.4) is 0 Å². The van der Waals surface area contributed by atoms with Crippen molar-refractivity contribution in [2.45, 2.75) is 6.54 Å². The zero-order valence-corrected chi connectivity index (χ0v) is 10.7. The minimum atomic E-state index is -0.887. The molecule has 1 nitrogen and oxygen atoms in total. The Bertz CT molecular complexity index is 573. The summed E-state index contributed by atoms with van der Waals surface area (Å²) in [5, 5.41) is 4.03. The van der Waals surface area contributed by atoms with E-state index in [4.69, 9.17) is 23.2 Å². The number of halogens is 4. The van der Waals surface area contributed by atoms with Gasteiger partial charge in [-0.25, -0.2) is 8.78 Å². The molecule has 0 fully saturated rings. The lowest BCUT2D eigenvalue weighted by Gasteiger charge is -2.08. The van der Waals surface area contributed by atoms with E-state index in [1.54, 1.807) is 18.2 Å². The Morgan fingerprint density at radius 2 is 1.72 bits per heavy atom. The SMILES string of the molecule is Fc1ccc(NCc2ccc(Cl)cc2Cl)cc1F. The maximum absolute atomic E-state index is 13.0. The Kier molecular flexibility index (Phi) is 4.04. The quantitative estimate of drug-likeness (QED) is 0.848. The van der Waals surface area contributed by atoms with Crippen molar-refractivity contribution < 1.29 is 8.78 Å². The van der Waals surface area contributed by atoms with Crippen molar-refractivity contribution in [1.29, 1.82) is 0 Å². The molecule has 0 radical (unpaired) electrons. The van der Waals surface area contributed by atoms with E-state index in [9.17, 15) is 8.78 Å². The first-order valence-electron chi connectivity index (χ1n) is 5.19. The highest BCUT2D eigenvalue weighted by Gasteiger charge is 2.04. The van der Waals surface area contributed by atoms with Gasteiger partial charge < -0.3 is 5.32 Å². The summed E-state index contributed by atoms with van der Waals surface area (Å²) in [5.74, 6) is -1.76. The van der Waals surface area contributed by atoms with Gasteiger partial charge in [0.2, 0.25) is 0 Å². The van der Waals surface area contributed by atoms with Gasteiger partial charge in [0.15, 0.2) is 11.6 Å². The highest BCUT2D eigenvalue weighted by molar-refractivity contribution is 6.35. The fourth-order valence-corrected chi connectivity index (χ4v) is 1.94. The van der Waals surface area contributed by atoms with Crippen molar-refractivity contribution in [2.24, 2.45) is 0 Å². The Balaban J connectivity index is 2.09. The second kappa shape index (κ2) is 5.55. The molecular weight excluding hydrogens is 279 g/mol. The normalized spacial score (nSPS) is 10.4. The molecule has 1 N–H and O–H groups in total. The van der Waals surface area contributed by atoms with Gasteiger partial charge in [0, 0.05) is 28.3 Å². The van der Waals surface area contributed by atoms with Gasteiger partial charge in [-0.1, -0.05) is 29.3 Å². The zero-order valence-electron chi connectivity index (χ0n) is 9.18. The van der Waals surface area contributed by atoms with Gasteiger partial charge in [-0.2, -0.15) is 0 Å². The van der Waals surface area contributed by atoms with Gasteiger partial charge in [0.1, 0.15) is 0 Å². The standard InChI is InChI=1S/C13H9Cl2F2N/c14-9-2-1-8(11(15)5-9)7-18-10-3-4-12(16)13(17)6-10/h1-6,18H,7H2. The lowest BCUT2D eigenvalue weighted by atomic mass is 10.2. The third-order valence-electron chi connectivity index (χ3n) is 2.42. The molecule has 94 valence electrons. The Morgan fingerprint density at radius 1 is 0.944 bits per heavy atom. The molecule has 0 aliphatic rings. The van der Waals surface area contributed by atoms with Crippen LogP contribution in [-0.2, 0) is 6.54 Å². The summed E-state index contributed by atoms with van der Waals surface area (Å²) in [5.41, 5.74) is 1.31. The van der Waals surface area contributed by atoms with Gasteiger partial charge in [0.25, 0.3) is 0 Å². The fourth-order valence-electron chi connectivity index (χ4n) is 1.47. The molecule has 0 bridgehead atoms. The largest absolute Gasteiger partial charge is 0.381 e. The van der Waals surface area contributed by atoms with Crippen LogP contribution in [-0.4, -0.2) is 0 Å². The van der Waals surface area contributed by atoms with Crippen LogP contribution >= 0.6 is 23.2 Å². The van der Waals surface area contributed by atoms with Crippen molar-refractivity contribution in [3.8, 4) is 0 Å². The molecule has 0 saturated heterocycles. The molecule has 0 saturated carbocycles. The van der Waals surface area contributed by atoms with Crippen molar-refractivity contribution in [3.63, 3.8) is 0 Å². The van der Waals surface area contributed by atoms with Gasteiger partial charge in [-0.15, -0.1) is 0 Å². The van der Waals surface area contributed by atoms with Crippen LogP contribution in [0.15, 0.2) is 36.4 Å². The number of hydrogen-bond donors (Lipinski definition) is 1. The predicted molar refractivity (Wildman–Crippen MR) is 70.1 cm³/mol. The molecule has 0 aromatic heterocycles. The van der Waals surface area contributed by atoms with E-state index >= 15 is 0 Å². The molecule has 0 spiro atoms. The minimum Gasteiger partial charge on any atom is -0.381 e. The van der Waals surface area contributed by atoms with E-state index in [-0.39, 0.29) is 0 Å². The molecule has 2 rings (SSSR count). The van der Waals surface area contributed by atoms with Crippen LogP contribution in [0, 0.1) is 11.6 Å². The summed E-state index contributed by atoms with van der Waals surface area (Å²) in [7, 11) is 0. The van der Waals surface area contributed by atoms with E-state index in [1.807, 2.05) is 0 Å². The summed E-state index contributed by atoms with van der Waals surface area (Å²) in [6, 6.07) is 8.75. The average Bonchev–Trinajstić information content (AvgIpc) is 2.32. The Labute approximate surface area is 113 Å². The highest BCUT2D eigenvalue weighted by Crippen LogP contribution is 2.22. The average molecular weight is 288 g/mol. The predicted octanol–water partition coefficient (Wildman–Crippen LogP) is 4.88. The molecule has 0 aliphatic carbocycles. The van der Waals surface area contributed by atoms with Gasteiger partial charge in [-0.3, -0.25) is 0 Å². The van der Waals surface area contributed by atoms with Crippen LogP contribution in [0.25, 0.3) is 0 Å². The van der Waals surface area contributed by atoms with Crippen LogP contribution < -0.4 is 5.32 Å². The molecule has 2 aromatic carbocycles. The molecule has 0 unspecified atom stereocenters. The lowest BCUT2D eigenvalue weighted by molar-refractivity contribution is 0.509. The minimum absolute atomic E-state index is 0.404. The molecule has 0 atom stereocenters. The van der Waals surface area contributed by atoms with Gasteiger partial charge >= 0.3 is 0 Å². The summed E-state index contributed by atoms with van der Waals surface area (Å²) in [6.07, 6.45) is 0. The number of hydrogen-bond acceptors (Lipinski definition) is 1. The third kappa shape index (κ3) is 3.12. The second-order valence-electron chi connectivity index (χ2n) is 3.72. The van der Waals surface area contributed by atoms with Crippen molar-refractivity contribution in [1.82, 2.24) is 0 Å². The first-order chi connectivity index (χ1) is 8.56. The lowest BCUT2D eigenvalue weighted by Crippen LogP contribution is -2.00. The van der Waals surface area contributed by atoms with E-state index in [2.05, 4.69) is 5.32 Å². The smallest absolute Gasteiger partial charge is 0.160 e. The molecule has 5 heteroatoms. The highest BCUT2D eigenvalue weighted by atomic mass is 35.5. The molecule has 0 heterocycles. The van der Waals surface area contributed by atoms with E-state index in [0.29, 0.717) is 22.3 Å². The first kappa shape index (κ1) is 13.1. The zero-order chi connectivity index (χ0) is 13.1. The number of benzene rings is 2. The monoisotopic (exact) mass is 287 g/mol. The fraction of sp³-hybridized carbons (Fsp3) is 0.0769. The van der Waals surface area contributed by atoms with Crippen molar-refractivity contribution >= 4 is 28.9 Å². The summed E-state index contributed by atoms with van der Waals surface area (Å²) in [6.45, 7) is 0.404. The number of anilines is 1.